The molecule has 0 spiro atoms. The van der Waals surface area contributed by atoms with Crippen LogP contribution in [-0.4, -0.2) is 18.5 Å². The Morgan fingerprint density at radius 2 is 1.76 bits per heavy atom. The molecule has 0 unspecified atom stereocenters. The van der Waals surface area contributed by atoms with Crippen molar-refractivity contribution in [3.63, 3.8) is 0 Å². The molecule has 4 N–H and O–H groups in total. The predicted octanol–water partition coefficient (Wildman–Crippen LogP) is 3.16. The number of urea groups is 1. The van der Waals surface area contributed by atoms with Gasteiger partial charge >= 0.3 is 6.03 Å². The van der Waals surface area contributed by atoms with E-state index in [1.807, 2.05) is 0 Å². The van der Waals surface area contributed by atoms with Crippen LogP contribution in [-0.2, 0) is 5.41 Å². The van der Waals surface area contributed by atoms with Crippen molar-refractivity contribution < 1.29 is 18.4 Å². The summed E-state index contributed by atoms with van der Waals surface area (Å²) in [6, 6.07) is 9.28. The van der Waals surface area contributed by atoms with Gasteiger partial charge in [0, 0.05) is 17.6 Å². The summed E-state index contributed by atoms with van der Waals surface area (Å²) < 4.78 is 27.3. The zero-order chi connectivity index (χ0) is 18.6. The maximum absolute atomic E-state index is 13.9. The monoisotopic (exact) mass is 347 g/mol. The molecule has 2 rings (SSSR count). The fraction of sp³-hybridized carbons (Fsp3) is 0.222. The molecule has 25 heavy (non-hydrogen) atoms. The maximum atomic E-state index is 13.9. The molecule has 0 bridgehead atoms. The lowest BCUT2D eigenvalue weighted by atomic mass is 9.84. The number of rotatable bonds is 5. The highest BCUT2D eigenvalue weighted by Crippen LogP contribution is 2.24. The third-order valence-corrected chi connectivity index (χ3v) is 3.78. The van der Waals surface area contributed by atoms with E-state index in [9.17, 15) is 18.4 Å². The minimum absolute atomic E-state index is 0.170. The highest BCUT2D eigenvalue weighted by molar-refractivity contribution is 5.96. The molecular weight excluding hydrogens is 328 g/mol. The summed E-state index contributed by atoms with van der Waals surface area (Å²) in [5.74, 6) is -2.04. The zero-order valence-electron chi connectivity index (χ0n) is 13.9. The SMILES string of the molecule is CC(C)(CNC(=O)Nc1ccc(F)c(C(N)=O)c1)c1ccccc1F. The van der Waals surface area contributed by atoms with E-state index < -0.39 is 23.2 Å². The van der Waals surface area contributed by atoms with Gasteiger partial charge in [0.05, 0.1) is 5.56 Å². The van der Waals surface area contributed by atoms with Crippen molar-refractivity contribution in [3.05, 3.63) is 65.2 Å². The lowest BCUT2D eigenvalue weighted by Gasteiger charge is -2.26. The molecule has 0 aliphatic heterocycles. The van der Waals surface area contributed by atoms with E-state index >= 15 is 0 Å². The molecule has 0 heterocycles. The number of nitrogens with one attached hydrogen (secondary N) is 2. The molecule has 0 atom stereocenters. The number of carbonyl (C=O) groups is 2. The second kappa shape index (κ2) is 7.29. The highest BCUT2D eigenvalue weighted by Gasteiger charge is 2.24. The van der Waals surface area contributed by atoms with E-state index in [2.05, 4.69) is 10.6 Å². The van der Waals surface area contributed by atoms with Crippen LogP contribution in [0.15, 0.2) is 42.5 Å². The Morgan fingerprint density at radius 1 is 1.08 bits per heavy atom. The summed E-state index contributed by atoms with van der Waals surface area (Å²) in [5.41, 5.74) is 4.81. The van der Waals surface area contributed by atoms with Crippen LogP contribution in [0.5, 0.6) is 0 Å². The number of halogens is 2. The highest BCUT2D eigenvalue weighted by atomic mass is 19.1. The van der Waals surface area contributed by atoms with Gasteiger partial charge in [-0.15, -0.1) is 0 Å². The van der Waals surface area contributed by atoms with Crippen LogP contribution in [0.3, 0.4) is 0 Å². The van der Waals surface area contributed by atoms with Crippen molar-refractivity contribution in [2.45, 2.75) is 19.3 Å². The number of nitrogens with two attached hydrogens (primary N) is 1. The van der Waals surface area contributed by atoms with Gasteiger partial charge in [0.25, 0.3) is 5.91 Å². The van der Waals surface area contributed by atoms with Crippen molar-refractivity contribution in [3.8, 4) is 0 Å². The van der Waals surface area contributed by atoms with Gasteiger partial charge in [-0.05, 0) is 29.8 Å². The average molecular weight is 347 g/mol. The number of carbonyl (C=O) groups excluding carboxylic acids is 2. The summed E-state index contributed by atoms with van der Waals surface area (Å²) in [6.45, 7) is 3.77. The standard InChI is InChI=1S/C18H19F2N3O2/c1-18(2,13-5-3-4-6-15(13)20)10-22-17(25)23-11-7-8-14(19)12(9-11)16(21)24/h3-9H,10H2,1-2H3,(H2,21,24)(H2,22,23,25). The fourth-order valence-electron chi connectivity index (χ4n) is 2.37. The molecule has 2 aromatic rings. The summed E-state index contributed by atoms with van der Waals surface area (Å²) in [4.78, 5) is 23.1. The van der Waals surface area contributed by atoms with E-state index in [0.29, 0.717) is 5.56 Å². The largest absolute Gasteiger partial charge is 0.366 e. The van der Waals surface area contributed by atoms with Gasteiger partial charge in [-0.2, -0.15) is 0 Å². The molecule has 0 aliphatic rings. The average Bonchev–Trinajstić information content (AvgIpc) is 2.55. The lowest BCUT2D eigenvalue weighted by Crippen LogP contribution is -2.39. The summed E-state index contributed by atoms with van der Waals surface area (Å²) in [5, 5.41) is 5.12. The zero-order valence-corrected chi connectivity index (χ0v) is 13.9. The molecule has 2 aromatic carbocycles. The summed E-state index contributed by atoms with van der Waals surface area (Å²) >= 11 is 0. The minimum Gasteiger partial charge on any atom is -0.366 e. The van der Waals surface area contributed by atoms with Gasteiger partial charge < -0.3 is 16.4 Å². The molecule has 0 radical (unpaired) electrons. The van der Waals surface area contributed by atoms with Gasteiger partial charge in [-0.1, -0.05) is 32.0 Å². The third kappa shape index (κ3) is 4.53. The van der Waals surface area contributed by atoms with Crippen LogP contribution in [0.1, 0.15) is 29.8 Å². The smallest absolute Gasteiger partial charge is 0.319 e. The van der Waals surface area contributed by atoms with Crippen LogP contribution in [0.25, 0.3) is 0 Å². The van der Waals surface area contributed by atoms with Crippen LogP contribution >= 0.6 is 0 Å². The molecule has 0 fully saturated rings. The Labute approximate surface area is 144 Å². The third-order valence-electron chi connectivity index (χ3n) is 3.78. The Bertz CT molecular complexity index is 807. The number of benzene rings is 2. The van der Waals surface area contributed by atoms with E-state index in [0.717, 1.165) is 12.1 Å². The van der Waals surface area contributed by atoms with Gasteiger partial charge in [0.15, 0.2) is 0 Å². The van der Waals surface area contributed by atoms with Crippen LogP contribution in [0.4, 0.5) is 19.3 Å². The number of hydrogen-bond donors (Lipinski definition) is 3. The van der Waals surface area contributed by atoms with E-state index in [4.69, 9.17) is 5.73 Å². The molecule has 7 heteroatoms. The molecule has 3 amide bonds. The molecule has 0 saturated carbocycles. The van der Waals surface area contributed by atoms with E-state index in [1.165, 1.54) is 12.1 Å². The number of amides is 3. The van der Waals surface area contributed by atoms with E-state index in [1.54, 1.807) is 32.0 Å². The quantitative estimate of drug-likeness (QED) is 0.776. The Morgan fingerprint density at radius 3 is 2.40 bits per heavy atom. The maximum Gasteiger partial charge on any atom is 0.319 e. The van der Waals surface area contributed by atoms with Gasteiger partial charge in [0.1, 0.15) is 11.6 Å². The number of hydrogen-bond acceptors (Lipinski definition) is 2. The topological polar surface area (TPSA) is 84.2 Å². The Balaban J connectivity index is 2.02. The molecular formula is C18H19F2N3O2. The Hall–Kier alpha value is -2.96. The molecule has 5 nitrogen and oxygen atoms in total. The van der Waals surface area contributed by atoms with Crippen LogP contribution in [0, 0.1) is 11.6 Å². The lowest BCUT2D eigenvalue weighted by molar-refractivity contribution is 0.0996. The van der Waals surface area contributed by atoms with Crippen molar-refractivity contribution in [2.75, 3.05) is 11.9 Å². The predicted molar refractivity (Wildman–Crippen MR) is 91.4 cm³/mol. The van der Waals surface area contributed by atoms with Crippen molar-refractivity contribution in [2.24, 2.45) is 5.73 Å². The summed E-state index contributed by atoms with van der Waals surface area (Å²) in [6.07, 6.45) is 0. The minimum atomic E-state index is -0.928. The first-order valence-electron chi connectivity index (χ1n) is 7.60. The van der Waals surface area contributed by atoms with Gasteiger partial charge in [0.2, 0.25) is 0 Å². The number of anilines is 1. The molecule has 0 aliphatic carbocycles. The van der Waals surface area contributed by atoms with Crippen LogP contribution < -0.4 is 16.4 Å². The first-order chi connectivity index (χ1) is 11.7. The molecule has 132 valence electrons. The summed E-state index contributed by atoms with van der Waals surface area (Å²) in [7, 11) is 0. The van der Waals surface area contributed by atoms with Gasteiger partial charge in [-0.25, -0.2) is 13.6 Å². The van der Waals surface area contributed by atoms with Crippen molar-refractivity contribution in [1.82, 2.24) is 5.32 Å². The van der Waals surface area contributed by atoms with Gasteiger partial charge in [-0.3, -0.25) is 4.79 Å². The van der Waals surface area contributed by atoms with Crippen LogP contribution in [0.2, 0.25) is 0 Å². The Kier molecular flexibility index (Phi) is 5.36. The first kappa shape index (κ1) is 18.4. The van der Waals surface area contributed by atoms with Crippen molar-refractivity contribution in [1.29, 1.82) is 0 Å². The second-order valence-electron chi connectivity index (χ2n) is 6.23. The molecule has 0 aromatic heterocycles. The first-order valence-corrected chi connectivity index (χ1v) is 7.60. The number of primary amides is 1. The second-order valence-corrected chi connectivity index (χ2v) is 6.23. The fourth-order valence-corrected chi connectivity index (χ4v) is 2.37. The van der Waals surface area contributed by atoms with Crippen molar-refractivity contribution >= 4 is 17.6 Å². The van der Waals surface area contributed by atoms with E-state index in [-0.39, 0.29) is 23.6 Å². The molecule has 0 saturated heterocycles. The normalized spacial score (nSPS) is 11.0.